The molecule has 0 aliphatic rings. The van der Waals surface area contributed by atoms with Crippen LogP contribution in [0.25, 0.3) is 0 Å². The van der Waals surface area contributed by atoms with Crippen LogP contribution in [0.1, 0.15) is 15.9 Å². The Morgan fingerprint density at radius 3 is 2.48 bits per heavy atom. The predicted molar refractivity (Wildman–Crippen MR) is 121 cm³/mol. The van der Waals surface area contributed by atoms with E-state index < -0.39 is 16.5 Å². The average molecular weight is 442 g/mol. The molecule has 0 unspecified atom stereocenters. The number of benzene rings is 1. The number of nitrogens with zero attached hydrogens (tertiary/aromatic N) is 6. The summed E-state index contributed by atoms with van der Waals surface area (Å²) >= 11 is 0. The molecule has 0 atom stereocenters. The molecule has 0 fully saturated rings. The van der Waals surface area contributed by atoms with Crippen LogP contribution in [0.2, 0.25) is 0 Å². The molecule has 3 aromatic heterocycles. The zero-order valence-corrected chi connectivity index (χ0v) is 17.2. The quantitative estimate of drug-likeness (QED) is 0.311. The molecule has 0 radical (unpaired) electrons. The van der Waals surface area contributed by atoms with E-state index in [2.05, 4.69) is 30.8 Å². The summed E-state index contributed by atoms with van der Waals surface area (Å²) in [7, 11) is 0. The van der Waals surface area contributed by atoms with Gasteiger partial charge in [-0.15, -0.1) is 0 Å². The van der Waals surface area contributed by atoms with Crippen molar-refractivity contribution in [1.82, 2.24) is 25.4 Å². The largest absolute Gasteiger partial charge is 0.355 e. The van der Waals surface area contributed by atoms with E-state index in [1.54, 1.807) is 41.4 Å². The Balaban J connectivity index is 1.70. The second-order valence-electron chi connectivity index (χ2n) is 6.73. The summed E-state index contributed by atoms with van der Waals surface area (Å²) in [4.78, 5) is 41.8. The number of carbonyl (C=O) groups is 1. The zero-order chi connectivity index (χ0) is 23.0. The highest BCUT2D eigenvalue weighted by molar-refractivity contribution is 5.94. The first-order valence-corrected chi connectivity index (χ1v) is 9.82. The molecule has 164 valence electrons. The van der Waals surface area contributed by atoms with Crippen LogP contribution in [0.3, 0.4) is 0 Å². The summed E-state index contributed by atoms with van der Waals surface area (Å²) in [6.07, 6.45) is 5.68. The van der Waals surface area contributed by atoms with Gasteiger partial charge in [0.2, 0.25) is 11.6 Å². The van der Waals surface area contributed by atoms with Crippen molar-refractivity contribution in [3.05, 3.63) is 107 Å². The third-order valence-corrected chi connectivity index (χ3v) is 4.57. The van der Waals surface area contributed by atoms with Crippen LogP contribution < -0.4 is 15.8 Å². The van der Waals surface area contributed by atoms with Gasteiger partial charge in [-0.2, -0.15) is 0 Å². The first-order valence-electron chi connectivity index (χ1n) is 9.82. The smallest absolute Gasteiger partial charge is 0.301 e. The van der Waals surface area contributed by atoms with Gasteiger partial charge in [0.1, 0.15) is 12.1 Å². The van der Waals surface area contributed by atoms with E-state index in [0.29, 0.717) is 5.82 Å². The number of hydrazine groups is 1. The Labute approximate surface area is 188 Å². The number of hydrogen-bond donors (Lipinski definition) is 2. The number of hydrogen-bond acceptors (Lipinski definition) is 9. The highest BCUT2D eigenvalue weighted by atomic mass is 16.6. The normalized spacial score (nSPS) is 10.3. The van der Waals surface area contributed by atoms with E-state index in [0.717, 1.165) is 5.56 Å². The Kier molecular flexibility index (Phi) is 6.40. The van der Waals surface area contributed by atoms with Gasteiger partial charge < -0.3 is 4.90 Å². The Bertz CT molecular complexity index is 1240. The van der Waals surface area contributed by atoms with Crippen LogP contribution in [0.5, 0.6) is 0 Å². The van der Waals surface area contributed by atoms with Crippen LogP contribution in [0.4, 0.5) is 23.1 Å². The van der Waals surface area contributed by atoms with Gasteiger partial charge in [-0.05, 0) is 29.8 Å². The SMILES string of the molecule is O=C(NNc1ncnc(N(Cc2ccccc2)c2ccccn2)c1[N+](=O)[O-])c1cccnc1. The van der Waals surface area contributed by atoms with Crippen LogP contribution in [0, 0.1) is 10.1 Å². The molecule has 0 spiro atoms. The summed E-state index contributed by atoms with van der Waals surface area (Å²) in [6.45, 7) is 0.275. The van der Waals surface area contributed by atoms with Crippen molar-refractivity contribution in [2.45, 2.75) is 6.54 Å². The lowest BCUT2D eigenvalue weighted by Crippen LogP contribution is -2.30. The molecule has 0 aliphatic heterocycles. The molecule has 2 N–H and O–H groups in total. The topological polar surface area (TPSA) is 139 Å². The molecule has 0 aliphatic carbocycles. The molecule has 4 rings (SSSR count). The molecule has 1 amide bonds. The highest BCUT2D eigenvalue weighted by Crippen LogP contribution is 2.35. The zero-order valence-electron chi connectivity index (χ0n) is 17.2. The molecule has 0 saturated carbocycles. The molecular weight excluding hydrogens is 424 g/mol. The van der Waals surface area contributed by atoms with E-state index in [-0.39, 0.29) is 23.7 Å². The molecule has 4 aromatic rings. The van der Waals surface area contributed by atoms with Crippen molar-refractivity contribution in [2.75, 3.05) is 10.3 Å². The van der Waals surface area contributed by atoms with Gasteiger partial charge in [-0.25, -0.2) is 15.0 Å². The molecule has 0 bridgehead atoms. The van der Waals surface area contributed by atoms with Gasteiger partial charge in [-0.3, -0.25) is 30.7 Å². The standard InChI is InChI=1S/C22H18N8O3/c31-22(17-9-6-11-23-13-17)28-27-20-19(30(32)33)21(26-15-25-20)29(18-10-4-5-12-24-18)14-16-7-2-1-3-8-16/h1-13,15H,14H2,(H,28,31)(H,25,26,27). The van der Waals surface area contributed by atoms with Gasteiger partial charge >= 0.3 is 5.69 Å². The fraction of sp³-hybridized carbons (Fsp3) is 0.0455. The van der Waals surface area contributed by atoms with Gasteiger partial charge in [0, 0.05) is 18.6 Å². The number of pyridine rings is 2. The maximum atomic E-state index is 12.3. The molecule has 11 heteroatoms. The minimum Gasteiger partial charge on any atom is -0.301 e. The number of carbonyl (C=O) groups excluding carboxylic acids is 1. The number of rotatable bonds is 8. The second-order valence-corrected chi connectivity index (χ2v) is 6.73. The Hall–Kier alpha value is -4.93. The minimum atomic E-state index is -0.602. The van der Waals surface area contributed by atoms with E-state index in [9.17, 15) is 14.9 Å². The monoisotopic (exact) mass is 442 g/mol. The highest BCUT2D eigenvalue weighted by Gasteiger charge is 2.29. The van der Waals surface area contributed by atoms with E-state index >= 15 is 0 Å². The van der Waals surface area contributed by atoms with Crippen molar-refractivity contribution in [1.29, 1.82) is 0 Å². The van der Waals surface area contributed by atoms with Crippen LogP contribution in [0.15, 0.2) is 85.6 Å². The lowest BCUT2D eigenvalue weighted by molar-refractivity contribution is -0.383. The van der Waals surface area contributed by atoms with Crippen molar-refractivity contribution in [3.63, 3.8) is 0 Å². The number of amides is 1. The van der Waals surface area contributed by atoms with E-state index in [1.165, 1.54) is 18.7 Å². The third-order valence-electron chi connectivity index (χ3n) is 4.57. The summed E-state index contributed by atoms with van der Waals surface area (Å²) in [5.41, 5.74) is 5.71. The minimum absolute atomic E-state index is 0.0238. The summed E-state index contributed by atoms with van der Waals surface area (Å²) < 4.78 is 0. The number of nitro groups is 1. The average Bonchev–Trinajstić information content (AvgIpc) is 2.87. The third kappa shape index (κ3) is 5.05. The Morgan fingerprint density at radius 1 is 0.970 bits per heavy atom. The number of aromatic nitrogens is 4. The van der Waals surface area contributed by atoms with Crippen molar-refractivity contribution >= 4 is 29.0 Å². The van der Waals surface area contributed by atoms with Crippen molar-refractivity contribution in [2.24, 2.45) is 0 Å². The van der Waals surface area contributed by atoms with Crippen LogP contribution in [-0.2, 0) is 6.54 Å². The Morgan fingerprint density at radius 2 is 1.79 bits per heavy atom. The predicted octanol–water partition coefficient (Wildman–Crippen LogP) is 3.27. The van der Waals surface area contributed by atoms with Crippen LogP contribution >= 0.6 is 0 Å². The second kappa shape index (κ2) is 9.92. The molecule has 0 saturated heterocycles. The molecular formula is C22H18N8O3. The molecule has 1 aromatic carbocycles. The van der Waals surface area contributed by atoms with E-state index in [1.807, 2.05) is 30.3 Å². The maximum absolute atomic E-state index is 12.3. The number of anilines is 3. The van der Waals surface area contributed by atoms with Crippen molar-refractivity contribution in [3.8, 4) is 0 Å². The van der Waals surface area contributed by atoms with Crippen LogP contribution in [-0.4, -0.2) is 30.8 Å². The molecule has 33 heavy (non-hydrogen) atoms. The first kappa shape index (κ1) is 21.3. The van der Waals surface area contributed by atoms with Gasteiger partial charge in [0.25, 0.3) is 5.91 Å². The first-order chi connectivity index (χ1) is 16.1. The molecule has 3 heterocycles. The summed E-state index contributed by atoms with van der Waals surface area (Å²) in [6, 6.07) is 17.9. The fourth-order valence-electron chi connectivity index (χ4n) is 3.06. The van der Waals surface area contributed by atoms with Crippen molar-refractivity contribution < 1.29 is 9.72 Å². The van der Waals surface area contributed by atoms with Gasteiger partial charge in [-0.1, -0.05) is 36.4 Å². The fourth-order valence-corrected chi connectivity index (χ4v) is 3.06. The lowest BCUT2D eigenvalue weighted by Gasteiger charge is -2.23. The molecule has 11 nitrogen and oxygen atoms in total. The van der Waals surface area contributed by atoms with Gasteiger partial charge in [0.05, 0.1) is 17.0 Å². The lowest BCUT2D eigenvalue weighted by atomic mass is 10.2. The van der Waals surface area contributed by atoms with E-state index in [4.69, 9.17) is 0 Å². The summed E-state index contributed by atoms with van der Waals surface area (Å²) in [5, 5.41) is 12.1. The van der Waals surface area contributed by atoms with Gasteiger partial charge in [0.15, 0.2) is 0 Å². The number of nitrogens with one attached hydrogen (secondary N) is 2. The summed E-state index contributed by atoms with van der Waals surface area (Å²) in [5.74, 6) is -0.205. The maximum Gasteiger partial charge on any atom is 0.355 e.